The van der Waals surface area contributed by atoms with E-state index in [-0.39, 0.29) is 36.6 Å². The standard InChI is InChI=1S/C54H62O6/c1-37(22-12-6-7-13-23-40-24-14-8-15-25-40)49(56)60-52-34-39(3)53(58)45(47(52)50(52,4)5)33-41(35-51(57)46(53)32-38(2)48(51)55)36-59-54(42-26-16-9-17-27-42,43-28-18-10-19-29-43)44-30-20-11-21-31-44/h8-11,14-21,24-33,37,39,45-47,57-58H,6-7,12-13,22-23,34-36H2,1-5H3/t37?,39-,45+,46-,47-,51-,52+,53-/m1/s1. The average Bonchev–Trinajstić information content (AvgIpc) is 3.67. The van der Waals surface area contributed by atoms with Gasteiger partial charge in [0.25, 0.3) is 0 Å². The van der Waals surface area contributed by atoms with Crippen LogP contribution in [0.2, 0.25) is 0 Å². The summed E-state index contributed by atoms with van der Waals surface area (Å²) >= 11 is 0. The van der Waals surface area contributed by atoms with Gasteiger partial charge < -0.3 is 19.7 Å². The summed E-state index contributed by atoms with van der Waals surface area (Å²) in [5.41, 5.74) is -0.205. The van der Waals surface area contributed by atoms with Gasteiger partial charge in [-0.25, -0.2) is 0 Å². The molecule has 1 unspecified atom stereocenters. The highest BCUT2D eigenvalue weighted by atomic mass is 16.6. The number of hydrogen-bond acceptors (Lipinski definition) is 6. The maximum atomic E-state index is 14.1. The van der Waals surface area contributed by atoms with Crippen molar-refractivity contribution >= 4 is 11.8 Å². The SMILES string of the molecule is CC1=C[C@H]2[C@@]3(O)[C@H](C)C[C@]4(OC(=O)C(C)CCCCCCc5ccccc5)[C@H]([C@@H]3C=C(COC(c3ccccc3)(c3ccccc3)c3ccccc3)C[C@]2(O)C1=O)C4(C)C. The number of Topliss-reactive ketones (excluding diaryl/α,β-unsaturated/α-hetero) is 1. The molecule has 0 aromatic heterocycles. The molecule has 0 bridgehead atoms. The van der Waals surface area contributed by atoms with Gasteiger partial charge >= 0.3 is 5.97 Å². The van der Waals surface area contributed by atoms with E-state index in [2.05, 4.69) is 80.6 Å². The van der Waals surface area contributed by atoms with E-state index in [9.17, 15) is 19.8 Å². The smallest absolute Gasteiger partial charge is 0.309 e. The van der Waals surface area contributed by atoms with E-state index in [1.165, 1.54) is 5.56 Å². The number of rotatable bonds is 15. The van der Waals surface area contributed by atoms with Crippen molar-refractivity contribution in [1.29, 1.82) is 0 Å². The van der Waals surface area contributed by atoms with Crippen molar-refractivity contribution in [3.63, 3.8) is 0 Å². The highest BCUT2D eigenvalue weighted by molar-refractivity contribution is 6.04. The van der Waals surface area contributed by atoms with Crippen LogP contribution >= 0.6 is 0 Å². The molecule has 60 heavy (non-hydrogen) atoms. The number of aryl methyl sites for hydroxylation is 1. The van der Waals surface area contributed by atoms with Gasteiger partial charge in [-0.2, -0.15) is 0 Å². The van der Waals surface area contributed by atoms with Crippen molar-refractivity contribution in [2.45, 2.75) is 108 Å². The number of unbranched alkanes of at least 4 members (excludes halogenated alkanes) is 3. The number of hydrogen-bond donors (Lipinski definition) is 2. The summed E-state index contributed by atoms with van der Waals surface area (Å²) in [5.74, 6) is -2.77. The molecule has 0 saturated heterocycles. The molecule has 0 aliphatic heterocycles. The van der Waals surface area contributed by atoms with Crippen molar-refractivity contribution in [2.75, 3.05) is 6.61 Å². The maximum Gasteiger partial charge on any atom is 0.309 e. The normalized spacial score (nSPS) is 29.6. The van der Waals surface area contributed by atoms with Crippen LogP contribution in [0, 0.1) is 35.0 Å². The summed E-state index contributed by atoms with van der Waals surface area (Å²) < 4.78 is 14.0. The minimum Gasteiger partial charge on any atom is -0.458 e. The highest BCUT2D eigenvalue weighted by Gasteiger charge is 2.83. The van der Waals surface area contributed by atoms with E-state index in [0.717, 1.165) is 60.8 Å². The Morgan fingerprint density at radius 3 is 1.88 bits per heavy atom. The molecule has 2 fully saturated rings. The molecule has 314 valence electrons. The van der Waals surface area contributed by atoms with Crippen molar-refractivity contribution in [2.24, 2.45) is 35.0 Å². The maximum absolute atomic E-state index is 14.1. The summed E-state index contributed by atoms with van der Waals surface area (Å²) in [6.07, 6.45) is 10.5. The van der Waals surface area contributed by atoms with Crippen LogP contribution in [0.5, 0.6) is 0 Å². The first kappa shape index (κ1) is 42.1. The lowest BCUT2D eigenvalue weighted by molar-refractivity contribution is -0.189. The van der Waals surface area contributed by atoms with Crippen molar-refractivity contribution in [3.05, 3.63) is 167 Å². The quantitative estimate of drug-likeness (QED) is 0.0538. The first-order chi connectivity index (χ1) is 28.8. The second-order valence-electron chi connectivity index (χ2n) is 19.0. The molecule has 0 heterocycles. The summed E-state index contributed by atoms with van der Waals surface area (Å²) in [7, 11) is 0. The zero-order valence-electron chi connectivity index (χ0n) is 36.0. The topological polar surface area (TPSA) is 93.1 Å². The second-order valence-corrected chi connectivity index (χ2v) is 19.0. The summed E-state index contributed by atoms with van der Waals surface area (Å²) in [6.45, 7) is 10.1. The van der Waals surface area contributed by atoms with Gasteiger partial charge in [0.15, 0.2) is 5.78 Å². The Hall–Kier alpha value is -4.62. The molecule has 4 aliphatic carbocycles. The second kappa shape index (κ2) is 16.3. The molecular weight excluding hydrogens is 745 g/mol. The van der Waals surface area contributed by atoms with E-state index < -0.39 is 45.6 Å². The lowest BCUT2D eigenvalue weighted by Crippen LogP contribution is -2.61. The molecule has 2 saturated carbocycles. The molecular formula is C54H62O6. The van der Waals surface area contributed by atoms with E-state index >= 15 is 0 Å². The van der Waals surface area contributed by atoms with Crippen LogP contribution in [0.3, 0.4) is 0 Å². The fourth-order valence-corrected chi connectivity index (χ4v) is 11.7. The molecule has 6 nitrogen and oxygen atoms in total. The molecule has 4 aliphatic rings. The first-order valence-electron chi connectivity index (χ1n) is 22.2. The van der Waals surface area contributed by atoms with Crippen LogP contribution in [0.4, 0.5) is 0 Å². The summed E-state index contributed by atoms with van der Waals surface area (Å²) in [6, 6.07) is 41.0. The third-order valence-corrected chi connectivity index (χ3v) is 15.1. The summed E-state index contributed by atoms with van der Waals surface area (Å²) in [4.78, 5) is 28.1. The Morgan fingerprint density at radius 2 is 1.32 bits per heavy atom. The van der Waals surface area contributed by atoms with Gasteiger partial charge in [-0.05, 0) is 71.9 Å². The van der Waals surface area contributed by atoms with Crippen LogP contribution in [-0.4, -0.2) is 45.4 Å². The molecule has 2 N–H and O–H groups in total. The Morgan fingerprint density at radius 1 is 0.783 bits per heavy atom. The fraction of sp³-hybridized carbons (Fsp3) is 0.444. The lowest BCUT2D eigenvalue weighted by atomic mass is 9.60. The zero-order chi connectivity index (χ0) is 42.3. The van der Waals surface area contributed by atoms with Crippen LogP contribution in [0.25, 0.3) is 0 Å². The van der Waals surface area contributed by atoms with E-state index in [1.807, 2.05) is 80.6 Å². The van der Waals surface area contributed by atoms with E-state index in [4.69, 9.17) is 9.47 Å². The number of carbonyl (C=O) groups excluding carboxylic acids is 2. The monoisotopic (exact) mass is 806 g/mol. The van der Waals surface area contributed by atoms with Crippen LogP contribution in [0.1, 0.15) is 102 Å². The van der Waals surface area contributed by atoms with Gasteiger partial charge in [0.1, 0.15) is 16.8 Å². The number of benzene rings is 4. The number of esters is 1. The van der Waals surface area contributed by atoms with Gasteiger partial charge in [-0.3, -0.25) is 9.59 Å². The van der Waals surface area contributed by atoms with Crippen LogP contribution < -0.4 is 0 Å². The predicted molar refractivity (Wildman–Crippen MR) is 236 cm³/mol. The third kappa shape index (κ3) is 7.03. The van der Waals surface area contributed by atoms with Crippen LogP contribution in [-0.2, 0) is 31.1 Å². The largest absolute Gasteiger partial charge is 0.458 e. The predicted octanol–water partition coefficient (Wildman–Crippen LogP) is 10.4. The van der Waals surface area contributed by atoms with Gasteiger partial charge in [-0.15, -0.1) is 0 Å². The molecule has 4 aromatic carbocycles. The fourth-order valence-electron chi connectivity index (χ4n) is 11.7. The zero-order valence-corrected chi connectivity index (χ0v) is 36.0. The van der Waals surface area contributed by atoms with Crippen molar-refractivity contribution in [3.8, 4) is 0 Å². The number of aliphatic hydroxyl groups is 2. The van der Waals surface area contributed by atoms with Gasteiger partial charge in [0, 0.05) is 29.6 Å². The van der Waals surface area contributed by atoms with E-state index in [0.29, 0.717) is 12.0 Å². The molecule has 6 heteroatoms. The average molecular weight is 807 g/mol. The molecule has 0 amide bonds. The molecule has 8 rings (SSSR count). The molecule has 0 radical (unpaired) electrons. The number of ether oxygens (including phenoxy) is 2. The van der Waals surface area contributed by atoms with Gasteiger partial charge in [0.2, 0.25) is 0 Å². The third-order valence-electron chi connectivity index (χ3n) is 15.1. The lowest BCUT2D eigenvalue weighted by Gasteiger charge is -2.50. The Bertz CT molecular complexity index is 2120. The summed E-state index contributed by atoms with van der Waals surface area (Å²) in [5, 5.41) is 25.9. The Balaban J connectivity index is 1.09. The van der Waals surface area contributed by atoms with Crippen LogP contribution in [0.15, 0.2) is 145 Å². The first-order valence-corrected chi connectivity index (χ1v) is 22.2. The molecule has 0 spiro atoms. The van der Waals surface area contributed by atoms with Crippen molar-refractivity contribution < 1.29 is 29.3 Å². The Kier molecular flexibility index (Phi) is 11.5. The minimum absolute atomic E-state index is 0.0205. The van der Waals surface area contributed by atoms with Gasteiger partial charge in [0.05, 0.1) is 18.1 Å². The number of ketones is 1. The van der Waals surface area contributed by atoms with E-state index in [1.54, 1.807) is 6.92 Å². The van der Waals surface area contributed by atoms with Gasteiger partial charge in [-0.1, -0.05) is 180 Å². The number of carbonyl (C=O) groups is 2. The number of fused-ring (bicyclic) bond motifs is 5. The highest BCUT2D eigenvalue weighted by Crippen LogP contribution is 2.76. The molecule has 8 atom stereocenters. The van der Waals surface area contributed by atoms with Crippen molar-refractivity contribution in [1.82, 2.24) is 0 Å². The molecule has 4 aromatic rings. The minimum atomic E-state index is -1.85. The Labute approximate surface area is 356 Å².